The summed E-state index contributed by atoms with van der Waals surface area (Å²) in [7, 11) is 0. The number of piperidine rings is 1. The Kier molecular flexibility index (Phi) is 4.14. The third-order valence-corrected chi connectivity index (χ3v) is 3.26. The summed E-state index contributed by atoms with van der Waals surface area (Å²) < 4.78 is 13.4. The third-order valence-electron chi connectivity index (χ3n) is 3.26. The highest BCUT2D eigenvalue weighted by Gasteiger charge is 2.26. The van der Waals surface area contributed by atoms with Crippen LogP contribution in [0.5, 0.6) is 0 Å². The van der Waals surface area contributed by atoms with Crippen LogP contribution in [-0.4, -0.2) is 29.8 Å². The molecule has 0 radical (unpaired) electrons. The first-order valence-corrected chi connectivity index (χ1v) is 6.42. The van der Waals surface area contributed by atoms with Gasteiger partial charge in [0.15, 0.2) is 0 Å². The average molecular weight is 264 g/mol. The number of rotatable bonds is 1. The lowest BCUT2D eigenvalue weighted by Gasteiger charge is -2.30. The summed E-state index contributed by atoms with van der Waals surface area (Å²) in [6.45, 7) is 3.23. The molecule has 2 amide bonds. The van der Waals surface area contributed by atoms with Crippen LogP contribution < -0.4 is 5.32 Å². The van der Waals surface area contributed by atoms with Crippen LogP contribution in [0.15, 0.2) is 24.3 Å². The molecule has 5 heteroatoms. The van der Waals surface area contributed by atoms with Crippen molar-refractivity contribution >= 4 is 17.5 Å². The maximum Gasteiger partial charge on any atom is 0.313 e. The van der Waals surface area contributed by atoms with Crippen molar-refractivity contribution in [2.45, 2.75) is 19.8 Å². The zero-order valence-electron chi connectivity index (χ0n) is 10.9. The van der Waals surface area contributed by atoms with E-state index >= 15 is 0 Å². The van der Waals surface area contributed by atoms with Crippen LogP contribution in [0.3, 0.4) is 0 Å². The number of hydrogen-bond donors (Lipinski definition) is 1. The molecule has 19 heavy (non-hydrogen) atoms. The molecule has 0 aliphatic carbocycles. The van der Waals surface area contributed by atoms with Gasteiger partial charge < -0.3 is 10.2 Å². The first kappa shape index (κ1) is 13.5. The van der Waals surface area contributed by atoms with Gasteiger partial charge in [-0.3, -0.25) is 9.59 Å². The second kappa shape index (κ2) is 5.82. The molecule has 0 aromatic heterocycles. The number of nitrogens with zero attached hydrogens (tertiary/aromatic N) is 1. The van der Waals surface area contributed by atoms with Crippen molar-refractivity contribution in [1.29, 1.82) is 0 Å². The minimum absolute atomic E-state index is 0.0332. The van der Waals surface area contributed by atoms with Gasteiger partial charge in [-0.1, -0.05) is 19.1 Å². The summed E-state index contributed by atoms with van der Waals surface area (Å²) in [5, 5.41) is 2.32. The zero-order chi connectivity index (χ0) is 13.8. The van der Waals surface area contributed by atoms with Gasteiger partial charge in [-0.05, 0) is 30.9 Å². The van der Waals surface area contributed by atoms with E-state index in [0.717, 1.165) is 12.8 Å². The summed E-state index contributed by atoms with van der Waals surface area (Å²) in [6.07, 6.45) is 1.97. The molecule has 1 atom stereocenters. The van der Waals surface area contributed by atoms with Crippen molar-refractivity contribution in [3.05, 3.63) is 30.1 Å². The minimum Gasteiger partial charge on any atom is -0.334 e. The van der Waals surface area contributed by atoms with Crippen molar-refractivity contribution in [1.82, 2.24) is 4.90 Å². The Labute approximate surface area is 111 Å². The fourth-order valence-electron chi connectivity index (χ4n) is 2.26. The molecule has 4 nitrogen and oxygen atoms in total. The monoisotopic (exact) mass is 264 g/mol. The van der Waals surface area contributed by atoms with Gasteiger partial charge in [0.25, 0.3) is 0 Å². The molecule has 1 N–H and O–H groups in total. The smallest absolute Gasteiger partial charge is 0.313 e. The molecule has 102 valence electrons. The molecule has 1 aliphatic heterocycles. The van der Waals surface area contributed by atoms with E-state index in [2.05, 4.69) is 5.32 Å². The van der Waals surface area contributed by atoms with E-state index in [1.54, 1.807) is 6.07 Å². The van der Waals surface area contributed by atoms with Gasteiger partial charge in [0.05, 0.1) is 5.69 Å². The zero-order valence-corrected chi connectivity index (χ0v) is 10.9. The number of likely N-dealkylation sites (tertiary alicyclic amines) is 1. The summed E-state index contributed by atoms with van der Waals surface area (Å²) in [6, 6.07) is 5.80. The van der Waals surface area contributed by atoms with E-state index in [-0.39, 0.29) is 5.69 Å². The number of anilines is 1. The van der Waals surface area contributed by atoms with Crippen LogP contribution in [0.4, 0.5) is 10.1 Å². The Hall–Kier alpha value is -1.91. The van der Waals surface area contributed by atoms with Gasteiger partial charge in [0.2, 0.25) is 0 Å². The van der Waals surface area contributed by atoms with Gasteiger partial charge in [-0.15, -0.1) is 0 Å². The molecule has 2 rings (SSSR count). The molecule has 0 bridgehead atoms. The van der Waals surface area contributed by atoms with E-state index in [0.29, 0.717) is 19.0 Å². The number of halogens is 1. The summed E-state index contributed by atoms with van der Waals surface area (Å²) in [5.74, 6) is -1.51. The van der Waals surface area contributed by atoms with Crippen molar-refractivity contribution in [3.8, 4) is 0 Å². The molecule has 0 saturated carbocycles. The molecule has 1 aromatic carbocycles. The Morgan fingerprint density at radius 1 is 1.37 bits per heavy atom. The van der Waals surface area contributed by atoms with Gasteiger partial charge in [-0.25, -0.2) is 4.39 Å². The van der Waals surface area contributed by atoms with Crippen LogP contribution in [0.1, 0.15) is 19.8 Å². The van der Waals surface area contributed by atoms with E-state index in [4.69, 9.17) is 0 Å². The van der Waals surface area contributed by atoms with Crippen molar-refractivity contribution in [3.63, 3.8) is 0 Å². The van der Waals surface area contributed by atoms with Crippen molar-refractivity contribution < 1.29 is 14.0 Å². The second-order valence-electron chi connectivity index (χ2n) is 4.93. The van der Waals surface area contributed by atoms with E-state index in [1.165, 1.54) is 23.1 Å². The maximum absolute atomic E-state index is 13.4. The van der Waals surface area contributed by atoms with Crippen LogP contribution >= 0.6 is 0 Å². The Morgan fingerprint density at radius 3 is 2.79 bits per heavy atom. The number of amides is 2. The topological polar surface area (TPSA) is 49.4 Å². The third kappa shape index (κ3) is 3.30. The lowest BCUT2D eigenvalue weighted by atomic mass is 10.0. The summed E-state index contributed by atoms with van der Waals surface area (Å²) in [4.78, 5) is 25.3. The Morgan fingerprint density at radius 2 is 2.11 bits per heavy atom. The first-order chi connectivity index (χ1) is 9.08. The van der Waals surface area contributed by atoms with E-state index in [9.17, 15) is 14.0 Å². The number of para-hydroxylation sites is 1. The molecule has 1 fully saturated rings. The predicted molar refractivity (Wildman–Crippen MR) is 70.0 cm³/mol. The van der Waals surface area contributed by atoms with Crippen molar-refractivity contribution in [2.75, 3.05) is 18.4 Å². The predicted octanol–water partition coefficient (Wildman–Crippen LogP) is 2.02. The number of hydrogen-bond acceptors (Lipinski definition) is 2. The first-order valence-electron chi connectivity index (χ1n) is 6.42. The molecular weight excluding hydrogens is 247 g/mol. The van der Waals surface area contributed by atoms with Crippen LogP contribution in [-0.2, 0) is 9.59 Å². The van der Waals surface area contributed by atoms with Gasteiger partial charge in [0.1, 0.15) is 5.82 Å². The standard InChI is InChI=1S/C14H17FN2O2/c1-10-5-4-8-17(9-10)14(19)13(18)16-12-7-3-2-6-11(12)15/h2-3,6-7,10H,4-5,8-9H2,1H3,(H,16,18). The molecular formula is C14H17FN2O2. The quantitative estimate of drug-likeness (QED) is 0.789. The average Bonchev–Trinajstić information content (AvgIpc) is 2.40. The lowest BCUT2D eigenvalue weighted by Crippen LogP contribution is -2.44. The highest BCUT2D eigenvalue weighted by molar-refractivity contribution is 6.39. The molecule has 1 heterocycles. The van der Waals surface area contributed by atoms with Crippen LogP contribution in [0.2, 0.25) is 0 Å². The highest BCUT2D eigenvalue weighted by atomic mass is 19.1. The van der Waals surface area contributed by atoms with Gasteiger partial charge in [0, 0.05) is 13.1 Å². The molecule has 0 spiro atoms. The van der Waals surface area contributed by atoms with Crippen molar-refractivity contribution in [2.24, 2.45) is 5.92 Å². The maximum atomic E-state index is 13.4. The van der Waals surface area contributed by atoms with Gasteiger partial charge >= 0.3 is 11.8 Å². The normalized spacial score (nSPS) is 19.1. The fraction of sp³-hybridized carbons (Fsp3) is 0.429. The highest BCUT2D eigenvalue weighted by Crippen LogP contribution is 2.16. The lowest BCUT2D eigenvalue weighted by molar-refractivity contribution is -0.144. The molecule has 1 unspecified atom stereocenters. The van der Waals surface area contributed by atoms with E-state index < -0.39 is 17.6 Å². The molecule has 1 aliphatic rings. The largest absolute Gasteiger partial charge is 0.334 e. The number of carbonyl (C=O) groups is 2. The Bertz CT molecular complexity index is 490. The number of carbonyl (C=O) groups excluding carboxylic acids is 2. The Balaban J connectivity index is 2.00. The fourth-order valence-corrected chi connectivity index (χ4v) is 2.26. The summed E-state index contributed by atoms with van der Waals surface area (Å²) in [5.41, 5.74) is 0.0332. The number of benzene rings is 1. The van der Waals surface area contributed by atoms with E-state index in [1.807, 2.05) is 6.92 Å². The SMILES string of the molecule is CC1CCCN(C(=O)C(=O)Nc2ccccc2F)C1. The van der Waals surface area contributed by atoms with Crippen LogP contribution in [0.25, 0.3) is 0 Å². The summed E-state index contributed by atoms with van der Waals surface area (Å²) >= 11 is 0. The molecule has 1 saturated heterocycles. The number of nitrogens with one attached hydrogen (secondary N) is 1. The second-order valence-corrected chi connectivity index (χ2v) is 4.93. The minimum atomic E-state index is -0.779. The molecule has 1 aromatic rings. The van der Waals surface area contributed by atoms with Crippen LogP contribution in [0, 0.1) is 11.7 Å². The van der Waals surface area contributed by atoms with Gasteiger partial charge in [-0.2, -0.15) is 0 Å².